The Kier molecular flexibility index (Phi) is 5.91. The SMILES string of the molecule is CCOC(=O)CC(B1OC(C)(C)C(C)(C)O1)c1ccc(-c2ccncc2)cc1. The van der Waals surface area contributed by atoms with E-state index in [-0.39, 0.29) is 18.2 Å². The summed E-state index contributed by atoms with van der Waals surface area (Å²) in [7, 11) is -0.513. The van der Waals surface area contributed by atoms with Gasteiger partial charge in [-0.15, -0.1) is 0 Å². The number of ether oxygens (including phenoxy) is 1. The third-order valence-electron chi connectivity index (χ3n) is 5.64. The number of aromatic nitrogens is 1. The second-order valence-corrected chi connectivity index (χ2v) is 8.10. The van der Waals surface area contributed by atoms with Gasteiger partial charge in [0.05, 0.1) is 24.2 Å². The van der Waals surface area contributed by atoms with Gasteiger partial charge in [0.15, 0.2) is 0 Å². The molecule has 1 saturated heterocycles. The first-order valence-electron chi connectivity index (χ1n) is 9.75. The van der Waals surface area contributed by atoms with Crippen molar-refractivity contribution in [3.05, 3.63) is 54.4 Å². The van der Waals surface area contributed by atoms with Gasteiger partial charge in [0.25, 0.3) is 0 Å². The molecule has 148 valence electrons. The number of hydrogen-bond donors (Lipinski definition) is 0. The fourth-order valence-electron chi connectivity index (χ4n) is 3.29. The summed E-state index contributed by atoms with van der Waals surface area (Å²) in [5, 5.41) is 0. The molecule has 1 fully saturated rings. The maximum Gasteiger partial charge on any atom is 0.466 e. The molecule has 0 bridgehead atoms. The third kappa shape index (κ3) is 4.28. The van der Waals surface area contributed by atoms with Gasteiger partial charge in [-0.1, -0.05) is 24.3 Å². The molecule has 5 nitrogen and oxygen atoms in total. The van der Waals surface area contributed by atoms with Crippen molar-refractivity contribution in [3.63, 3.8) is 0 Å². The molecule has 1 aromatic heterocycles. The Hall–Kier alpha value is -2.18. The zero-order valence-electron chi connectivity index (χ0n) is 17.3. The molecule has 1 aliphatic heterocycles. The Morgan fingerprint density at radius 2 is 1.54 bits per heavy atom. The summed E-state index contributed by atoms with van der Waals surface area (Å²) in [4.78, 5) is 16.3. The Morgan fingerprint density at radius 3 is 2.07 bits per heavy atom. The van der Waals surface area contributed by atoms with E-state index in [2.05, 4.69) is 4.98 Å². The van der Waals surface area contributed by atoms with E-state index in [0.717, 1.165) is 16.7 Å². The van der Waals surface area contributed by atoms with Crippen molar-refractivity contribution >= 4 is 13.1 Å². The minimum absolute atomic E-state index is 0.208. The highest BCUT2D eigenvalue weighted by Gasteiger charge is 2.54. The van der Waals surface area contributed by atoms with Crippen LogP contribution in [0.1, 0.15) is 52.4 Å². The van der Waals surface area contributed by atoms with Crippen LogP contribution < -0.4 is 0 Å². The highest BCUT2D eigenvalue weighted by atomic mass is 16.7. The van der Waals surface area contributed by atoms with Gasteiger partial charge in [-0.25, -0.2) is 0 Å². The van der Waals surface area contributed by atoms with Crippen LogP contribution in [-0.2, 0) is 18.8 Å². The Labute approximate surface area is 167 Å². The van der Waals surface area contributed by atoms with Gasteiger partial charge in [-0.3, -0.25) is 9.78 Å². The molecule has 3 rings (SSSR count). The van der Waals surface area contributed by atoms with Gasteiger partial charge in [-0.05, 0) is 63.4 Å². The van der Waals surface area contributed by atoms with Crippen LogP contribution >= 0.6 is 0 Å². The first-order chi connectivity index (χ1) is 13.2. The molecule has 0 N–H and O–H groups in total. The maximum absolute atomic E-state index is 12.3. The minimum atomic E-state index is -0.513. The topological polar surface area (TPSA) is 57.7 Å². The average Bonchev–Trinajstić information content (AvgIpc) is 2.88. The minimum Gasteiger partial charge on any atom is -0.466 e. The van der Waals surface area contributed by atoms with Crippen LogP contribution in [0.3, 0.4) is 0 Å². The van der Waals surface area contributed by atoms with E-state index < -0.39 is 18.3 Å². The van der Waals surface area contributed by atoms with Crippen LogP contribution in [0.4, 0.5) is 0 Å². The van der Waals surface area contributed by atoms with Crippen molar-refractivity contribution in [1.82, 2.24) is 4.98 Å². The molecule has 0 spiro atoms. The zero-order chi connectivity index (χ0) is 20.4. The Balaban J connectivity index is 1.88. The lowest BCUT2D eigenvalue weighted by molar-refractivity contribution is -0.143. The van der Waals surface area contributed by atoms with Crippen LogP contribution in [0.2, 0.25) is 0 Å². The van der Waals surface area contributed by atoms with Crippen LogP contribution in [0.25, 0.3) is 11.1 Å². The summed E-state index contributed by atoms with van der Waals surface area (Å²) in [6, 6.07) is 12.1. The molecule has 0 amide bonds. The molecule has 0 radical (unpaired) electrons. The summed E-state index contributed by atoms with van der Waals surface area (Å²) in [5.74, 6) is -0.494. The van der Waals surface area contributed by atoms with Crippen molar-refractivity contribution < 1.29 is 18.8 Å². The van der Waals surface area contributed by atoms with E-state index in [1.165, 1.54) is 0 Å². The number of rotatable bonds is 6. The number of benzene rings is 1. The van der Waals surface area contributed by atoms with Gasteiger partial charge in [-0.2, -0.15) is 0 Å². The van der Waals surface area contributed by atoms with E-state index >= 15 is 0 Å². The lowest BCUT2D eigenvalue weighted by Crippen LogP contribution is -2.41. The largest absolute Gasteiger partial charge is 0.466 e. The molecular formula is C22H28BNO4. The standard InChI is InChI=1S/C22H28BNO4/c1-6-26-20(25)15-19(23-27-21(2,3)22(4,5)28-23)18-9-7-16(8-10-18)17-11-13-24-14-12-17/h7-14,19H,6,15H2,1-5H3. The van der Waals surface area contributed by atoms with Crippen molar-refractivity contribution in [2.45, 2.75) is 58.1 Å². The van der Waals surface area contributed by atoms with Crippen molar-refractivity contribution in [2.24, 2.45) is 0 Å². The van der Waals surface area contributed by atoms with Crippen molar-refractivity contribution in [1.29, 1.82) is 0 Å². The Morgan fingerprint density at radius 1 is 1.00 bits per heavy atom. The molecule has 6 heteroatoms. The van der Waals surface area contributed by atoms with Gasteiger partial charge in [0.1, 0.15) is 0 Å². The lowest BCUT2D eigenvalue weighted by atomic mass is 9.66. The van der Waals surface area contributed by atoms with E-state index in [0.29, 0.717) is 6.61 Å². The average molecular weight is 381 g/mol. The fourth-order valence-corrected chi connectivity index (χ4v) is 3.29. The molecule has 0 aliphatic carbocycles. The first kappa shape index (κ1) is 20.6. The van der Waals surface area contributed by atoms with Crippen molar-refractivity contribution in [2.75, 3.05) is 6.61 Å². The number of esters is 1. The van der Waals surface area contributed by atoms with Crippen LogP contribution in [0.15, 0.2) is 48.8 Å². The van der Waals surface area contributed by atoms with E-state index in [1.54, 1.807) is 12.4 Å². The maximum atomic E-state index is 12.3. The van der Waals surface area contributed by atoms with Gasteiger partial charge < -0.3 is 14.0 Å². The number of carbonyl (C=O) groups is 1. The summed E-state index contributed by atoms with van der Waals surface area (Å²) >= 11 is 0. The van der Waals surface area contributed by atoms with Crippen LogP contribution in [0.5, 0.6) is 0 Å². The normalized spacial score (nSPS) is 18.7. The molecule has 1 aromatic carbocycles. The molecular weight excluding hydrogens is 353 g/mol. The molecule has 1 unspecified atom stereocenters. The molecule has 2 heterocycles. The lowest BCUT2D eigenvalue weighted by Gasteiger charge is -2.32. The number of carbonyl (C=O) groups excluding carboxylic acids is 1. The molecule has 1 aliphatic rings. The highest BCUT2D eigenvalue weighted by molar-refractivity contribution is 6.48. The number of pyridine rings is 1. The molecule has 0 saturated carbocycles. The number of nitrogens with zero attached hydrogens (tertiary/aromatic N) is 1. The van der Waals surface area contributed by atoms with Crippen LogP contribution in [0, 0.1) is 0 Å². The van der Waals surface area contributed by atoms with Gasteiger partial charge in [0, 0.05) is 18.2 Å². The molecule has 1 atom stereocenters. The fraction of sp³-hybridized carbons (Fsp3) is 0.455. The molecule has 2 aromatic rings. The van der Waals surface area contributed by atoms with E-state index in [4.69, 9.17) is 14.0 Å². The van der Waals surface area contributed by atoms with E-state index in [9.17, 15) is 4.79 Å². The monoisotopic (exact) mass is 381 g/mol. The van der Waals surface area contributed by atoms with Crippen molar-refractivity contribution in [3.8, 4) is 11.1 Å². The summed E-state index contributed by atoms with van der Waals surface area (Å²) in [5.41, 5.74) is 2.27. The summed E-state index contributed by atoms with van der Waals surface area (Å²) < 4.78 is 17.7. The second kappa shape index (κ2) is 8.06. The van der Waals surface area contributed by atoms with Gasteiger partial charge in [0.2, 0.25) is 0 Å². The predicted molar refractivity (Wildman–Crippen MR) is 110 cm³/mol. The molecule has 28 heavy (non-hydrogen) atoms. The summed E-state index contributed by atoms with van der Waals surface area (Å²) in [6.07, 6.45) is 3.76. The first-order valence-corrected chi connectivity index (χ1v) is 9.75. The van der Waals surface area contributed by atoms with Crippen LogP contribution in [-0.4, -0.2) is 35.9 Å². The zero-order valence-corrected chi connectivity index (χ0v) is 17.3. The third-order valence-corrected chi connectivity index (χ3v) is 5.64. The predicted octanol–water partition coefficient (Wildman–Crippen LogP) is 4.42. The highest BCUT2D eigenvalue weighted by Crippen LogP contribution is 2.42. The second-order valence-electron chi connectivity index (χ2n) is 8.10. The smallest absolute Gasteiger partial charge is 0.466 e. The summed E-state index contributed by atoms with van der Waals surface area (Å²) in [6.45, 7) is 10.2. The van der Waals surface area contributed by atoms with Gasteiger partial charge >= 0.3 is 13.1 Å². The number of hydrogen-bond acceptors (Lipinski definition) is 5. The quantitative estimate of drug-likeness (QED) is 0.548. The van der Waals surface area contributed by atoms with E-state index in [1.807, 2.05) is 71.0 Å². The Bertz CT molecular complexity index is 789.